The van der Waals surface area contributed by atoms with E-state index in [2.05, 4.69) is 15.4 Å². The van der Waals surface area contributed by atoms with Gasteiger partial charge in [-0.2, -0.15) is 10.1 Å². The van der Waals surface area contributed by atoms with Crippen molar-refractivity contribution in [1.82, 2.24) is 14.8 Å². The standard InChI is InChI=1S/C26H27ClN4O3/c1-17-23(25(32)34-21-7-3-2-4-8-21)24(31-26(30-17)28-16-29-31)19-6-5-9-22(14-19)33-15-18-10-12-20(27)13-11-18/h5-6,9-14,16,21,24H,2-4,7-8,15H2,1H3,(H,28,29,30). The lowest BCUT2D eigenvalue weighted by atomic mass is 9.94. The molecule has 1 atom stereocenters. The van der Waals surface area contributed by atoms with Crippen LogP contribution >= 0.6 is 11.6 Å². The van der Waals surface area contributed by atoms with E-state index in [1.54, 1.807) is 4.68 Å². The van der Waals surface area contributed by atoms with Crippen LogP contribution in [-0.4, -0.2) is 26.8 Å². The number of hydrogen-bond donors (Lipinski definition) is 1. The maximum atomic E-state index is 13.4. The predicted octanol–water partition coefficient (Wildman–Crippen LogP) is 5.68. The number of carbonyl (C=O) groups is 1. The number of nitrogens with zero attached hydrogens (tertiary/aromatic N) is 3. The SMILES string of the molecule is CC1=C(C(=O)OC2CCCCC2)C(c2cccc(OCc3ccc(Cl)cc3)c2)n2ncnc2N1. The Morgan fingerprint density at radius 1 is 1.15 bits per heavy atom. The zero-order valence-electron chi connectivity index (χ0n) is 19.0. The topological polar surface area (TPSA) is 78.3 Å². The number of ether oxygens (including phenoxy) is 2. The zero-order chi connectivity index (χ0) is 23.5. The summed E-state index contributed by atoms with van der Waals surface area (Å²) in [5.74, 6) is 0.977. The summed E-state index contributed by atoms with van der Waals surface area (Å²) in [5.41, 5.74) is 3.15. The molecule has 1 fully saturated rings. The molecule has 0 amide bonds. The number of anilines is 1. The van der Waals surface area contributed by atoms with Crippen molar-refractivity contribution in [3.05, 3.63) is 82.3 Å². The summed E-state index contributed by atoms with van der Waals surface area (Å²) in [6.45, 7) is 2.29. The van der Waals surface area contributed by atoms with Gasteiger partial charge in [0, 0.05) is 10.7 Å². The quantitative estimate of drug-likeness (QED) is 0.459. The summed E-state index contributed by atoms with van der Waals surface area (Å²) in [6.07, 6.45) is 6.67. The Labute approximate surface area is 203 Å². The van der Waals surface area contributed by atoms with Crippen LogP contribution in [-0.2, 0) is 16.1 Å². The minimum Gasteiger partial charge on any atom is -0.489 e. The highest BCUT2D eigenvalue weighted by Crippen LogP contribution is 2.37. The summed E-state index contributed by atoms with van der Waals surface area (Å²) < 4.78 is 13.7. The van der Waals surface area contributed by atoms with Gasteiger partial charge in [-0.05, 0) is 68.0 Å². The lowest BCUT2D eigenvalue weighted by molar-refractivity contribution is -0.146. The first-order valence-electron chi connectivity index (χ1n) is 11.6. The van der Waals surface area contributed by atoms with Crippen LogP contribution < -0.4 is 10.1 Å². The smallest absolute Gasteiger partial charge is 0.338 e. The van der Waals surface area contributed by atoms with Crippen molar-refractivity contribution in [2.24, 2.45) is 0 Å². The lowest BCUT2D eigenvalue weighted by Crippen LogP contribution is -2.32. The Hall–Kier alpha value is -3.32. The second-order valence-corrected chi connectivity index (χ2v) is 9.18. The van der Waals surface area contributed by atoms with E-state index in [1.807, 2.05) is 55.5 Å². The molecule has 0 spiro atoms. The van der Waals surface area contributed by atoms with E-state index in [1.165, 1.54) is 12.7 Å². The summed E-state index contributed by atoms with van der Waals surface area (Å²) in [6, 6.07) is 14.8. The van der Waals surface area contributed by atoms with Crippen LogP contribution in [0.25, 0.3) is 0 Å². The second-order valence-electron chi connectivity index (χ2n) is 8.75. The molecule has 7 nitrogen and oxygen atoms in total. The molecule has 0 radical (unpaired) electrons. The Morgan fingerprint density at radius 2 is 1.94 bits per heavy atom. The van der Waals surface area contributed by atoms with E-state index in [0.717, 1.165) is 42.5 Å². The van der Waals surface area contributed by atoms with Crippen molar-refractivity contribution in [3.8, 4) is 5.75 Å². The average Bonchev–Trinajstić information content (AvgIpc) is 3.31. The number of allylic oxidation sites excluding steroid dienone is 1. The van der Waals surface area contributed by atoms with Crippen LogP contribution in [0.2, 0.25) is 5.02 Å². The Bertz CT molecular complexity index is 1200. The van der Waals surface area contributed by atoms with E-state index in [9.17, 15) is 4.79 Å². The van der Waals surface area contributed by atoms with Crippen molar-refractivity contribution in [2.45, 2.75) is 57.8 Å². The largest absolute Gasteiger partial charge is 0.489 e. The molecule has 3 aromatic rings. The van der Waals surface area contributed by atoms with Gasteiger partial charge < -0.3 is 14.8 Å². The third kappa shape index (κ3) is 4.80. The third-order valence-corrected chi connectivity index (χ3v) is 6.58. The highest BCUT2D eigenvalue weighted by atomic mass is 35.5. The minimum absolute atomic E-state index is 0.0339. The molecule has 2 heterocycles. The number of fused-ring (bicyclic) bond motifs is 1. The van der Waals surface area contributed by atoms with E-state index in [0.29, 0.717) is 28.9 Å². The van der Waals surface area contributed by atoms with Gasteiger partial charge in [0.2, 0.25) is 5.95 Å². The first-order chi connectivity index (χ1) is 16.6. The number of benzene rings is 2. The highest BCUT2D eigenvalue weighted by Gasteiger charge is 2.35. The number of halogens is 1. The monoisotopic (exact) mass is 478 g/mol. The molecule has 2 aliphatic rings. The van der Waals surface area contributed by atoms with Gasteiger partial charge in [0.15, 0.2) is 0 Å². The van der Waals surface area contributed by atoms with Crippen LogP contribution in [0.3, 0.4) is 0 Å². The molecule has 2 aromatic carbocycles. The molecular formula is C26H27ClN4O3. The van der Waals surface area contributed by atoms with Gasteiger partial charge in [-0.25, -0.2) is 9.48 Å². The maximum absolute atomic E-state index is 13.4. The predicted molar refractivity (Wildman–Crippen MR) is 130 cm³/mol. The van der Waals surface area contributed by atoms with Gasteiger partial charge >= 0.3 is 5.97 Å². The van der Waals surface area contributed by atoms with E-state index < -0.39 is 6.04 Å². The van der Waals surface area contributed by atoms with Gasteiger partial charge in [-0.1, -0.05) is 42.3 Å². The average molecular weight is 479 g/mol. The molecule has 5 rings (SSSR count). The number of nitrogens with one attached hydrogen (secondary N) is 1. The minimum atomic E-state index is -0.464. The van der Waals surface area contributed by atoms with Gasteiger partial charge in [0.25, 0.3) is 0 Å². The van der Waals surface area contributed by atoms with Crippen molar-refractivity contribution < 1.29 is 14.3 Å². The highest BCUT2D eigenvalue weighted by molar-refractivity contribution is 6.30. The Kier molecular flexibility index (Phi) is 6.54. The van der Waals surface area contributed by atoms with E-state index in [4.69, 9.17) is 21.1 Å². The van der Waals surface area contributed by atoms with Gasteiger partial charge in [0.1, 0.15) is 30.8 Å². The molecule has 8 heteroatoms. The fourth-order valence-electron chi connectivity index (χ4n) is 4.58. The summed E-state index contributed by atoms with van der Waals surface area (Å²) in [5, 5.41) is 8.30. The van der Waals surface area contributed by atoms with Crippen LogP contribution in [0.4, 0.5) is 5.95 Å². The fraction of sp³-hybridized carbons (Fsp3) is 0.346. The summed E-state index contributed by atoms with van der Waals surface area (Å²) in [4.78, 5) is 17.7. The number of esters is 1. The normalized spacial score (nSPS) is 18.2. The fourth-order valence-corrected chi connectivity index (χ4v) is 4.71. The number of carbonyl (C=O) groups excluding carboxylic acids is 1. The molecule has 34 heavy (non-hydrogen) atoms. The molecule has 176 valence electrons. The number of hydrogen-bond acceptors (Lipinski definition) is 6. The Balaban J connectivity index is 1.42. The van der Waals surface area contributed by atoms with Gasteiger partial charge in [-0.15, -0.1) is 0 Å². The van der Waals surface area contributed by atoms with Crippen molar-refractivity contribution >= 4 is 23.5 Å². The second kappa shape index (κ2) is 9.89. The molecule has 1 aliphatic carbocycles. The molecule has 1 unspecified atom stereocenters. The molecule has 0 bridgehead atoms. The molecular weight excluding hydrogens is 452 g/mol. The van der Waals surface area contributed by atoms with Crippen LogP contribution in [0.1, 0.15) is 56.2 Å². The number of rotatable bonds is 6. The Morgan fingerprint density at radius 3 is 2.74 bits per heavy atom. The first-order valence-corrected chi connectivity index (χ1v) is 12.0. The molecule has 1 aromatic heterocycles. The van der Waals surface area contributed by atoms with E-state index in [-0.39, 0.29) is 12.1 Å². The van der Waals surface area contributed by atoms with Gasteiger partial charge in [-0.3, -0.25) is 0 Å². The third-order valence-electron chi connectivity index (χ3n) is 6.33. The van der Waals surface area contributed by atoms with E-state index >= 15 is 0 Å². The van der Waals surface area contributed by atoms with Crippen molar-refractivity contribution in [2.75, 3.05) is 5.32 Å². The summed E-state index contributed by atoms with van der Waals surface area (Å²) >= 11 is 5.98. The molecule has 0 saturated heterocycles. The number of aromatic nitrogens is 3. The molecule has 1 N–H and O–H groups in total. The molecule has 1 saturated carbocycles. The lowest BCUT2D eigenvalue weighted by Gasteiger charge is -2.30. The maximum Gasteiger partial charge on any atom is 0.338 e. The van der Waals surface area contributed by atoms with Crippen LogP contribution in [0.5, 0.6) is 5.75 Å². The van der Waals surface area contributed by atoms with Crippen LogP contribution in [0, 0.1) is 0 Å². The zero-order valence-corrected chi connectivity index (χ0v) is 19.8. The van der Waals surface area contributed by atoms with Crippen molar-refractivity contribution in [1.29, 1.82) is 0 Å². The summed E-state index contributed by atoms with van der Waals surface area (Å²) in [7, 11) is 0. The van der Waals surface area contributed by atoms with Crippen LogP contribution in [0.15, 0.2) is 66.1 Å². The molecule has 1 aliphatic heterocycles. The van der Waals surface area contributed by atoms with Gasteiger partial charge in [0.05, 0.1) is 5.57 Å². The first kappa shape index (κ1) is 22.5. The van der Waals surface area contributed by atoms with Crippen molar-refractivity contribution in [3.63, 3.8) is 0 Å².